The van der Waals surface area contributed by atoms with E-state index in [1.54, 1.807) is 4.57 Å². The largest absolute Gasteiger partial charge is 0.331 e. The maximum Gasteiger partial charge on any atom is 0.308 e. The molecule has 2 saturated carbocycles. The SMILES string of the molecule is O=C(Cn1c2c(sc1=O)[C@@H](c1ccc(Cl)cc1)[C@H]1[C@@H]3CC[C@@H](C3)[C@@H]1S2)NNC(=S)Nc1ccccc1. The summed E-state index contributed by atoms with van der Waals surface area (Å²) in [5.74, 6) is 1.73. The molecule has 3 aliphatic rings. The summed E-state index contributed by atoms with van der Waals surface area (Å²) in [7, 11) is 0. The number of hydrogen-bond donors (Lipinski definition) is 3. The van der Waals surface area contributed by atoms with Crippen molar-refractivity contribution < 1.29 is 4.79 Å². The van der Waals surface area contributed by atoms with Crippen LogP contribution in [0.15, 0.2) is 64.4 Å². The number of carbonyl (C=O) groups excluding carboxylic acids is 1. The van der Waals surface area contributed by atoms with E-state index in [1.165, 1.54) is 36.2 Å². The summed E-state index contributed by atoms with van der Waals surface area (Å²) in [4.78, 5) is 27.0. The number of carbonyl (C=O) groups is 1. The molecule has 0 spiro atoms. The third kappa shape index (κ3) is 4.47. The summed E-state index contributed by atoms with van der Waals surface area (Å²) in [5.41, 5.74) is 7.38. The van der Waals surface area contributed by atoms with Gasteiger partial charge in [0.1, 0.15) is 6.54 Å². The highest BCUT2D eigenvalue weighted by atomic mass is 35.5. The van der Waals surface area contributed by atoms with Crippen molar-refractivity contribution in [1.29, 1.82) is 0 Å². The number of benzene rings is 2. The molecule has 1 aromatic heterocycles. The molecule has 2 aliphatic carbocycles. The van der Waals surface area contributed by atoms with Crippen LogP contribution in [0.1, 0.15) is 35.6 Å². The normalized spacial score (nSPS) is 25.6. The molecule has 6 nitrogen and oxygen atoms in total. The molecule has 2 fully saturated rings. The Hall–Kier alpha value is -2.33. The molecule has 5 atom stereocenters. The third-order valence-electron chi connectivity index (χ3n) is 7.57. The Kier molecular flexibility index (Phi) is 6.58. The number of rotatable bonds is 4. The number of anilines is 1. The number of hydrazine groups is 1. The summed E-state index contributed by atoms with van der Waals surface area (Å²) in [5, 5.41) is 5.41. The number of fused-ring (bicyclic) bond motifs is 6. The third-order valence-corrected chi connectivity index (χ3v) is 10.9. The van der Waals surface area contributed by atoms with E-state index in [-0.39, 0.29) is 28.4 Å². The van der Waals surface area contributed by atoms with Crippen LogP contribution in [0.3, 0.4) is 0 Å². The number of aromatic nitrogens is 1. The van der Waals surface area contributed by atoms with Crippen LogP contribution in [0.4, 0.5) is 5.69 Å². The van der Waals surface area contributed by atoms with E-state index in [0.29, 0.717) is 28.0 Å². The van der Waals surface area contributed by atoms with Gasteiger partial charge >= 0.3 is 4.87 Å². The minimum atomic E-state index is -0.325. The molecule has 0 unspecified atom stereocenters. The number of nitrogens with one attached hydrogen (secondary N) is 3. The van der Waals surface area contributed by atoms with Crippen LogP contribution >= 0.6 is 46.9 Å². The van der Waals surface area contributed by atoms with Crippen molar-refractivity contribution in [3.8, 4) is 0 Å². The highest BCUT2D eigenvalue weighted by Crippen LogP contribution is 2.64. The Morgan fingerprint density at radius 3 is 2.58 bits per heavy atom. The molecule has 3 aromatic rings. The standard InChI is InChI=1S/C26H25ClN4O2S3/c27-17-10-8-14(9-11-17)20-21-15-6-7-16(12-15)22(21)35-24-23(20)36-26(33)31(24)13-19(32)29-30-25(34)28-18-4-2-1-3-5-18/h1-5,8-11,15-16,20-22H,6-7,12-13H2,(H,29,32)(H2,28,30,34)/t15-,16+,20+,21-,22+/m1/s1. The van der Waals surface area contributed by atoms with Gasteiger partial charge in [-0.3, -0.25) is 25.0 Å². The zero-order valence-corrected chi connectivity index (χ0v) is 22.5. The number of para-hydroxylation sites is 1. The van der Waals surface area contributed by atoms with Crippen molar-refractivity contribution in [2.45, 2.75) is 42.0 Å². The smallest absolute Gasteiger partial charge is 0.308 e. The number of thioether (sulfide) groups is 1. The van der Waals surface area contributed by atoms with E-state index in [2.05, 4.69) is 28.3 Å². The van der Waals surface area contributed by atoms with E-state index in [1.807, 2.05) is 54.2 Å². The molecule has 1 amide bonds. The molecule has 10 heteroatoms. The first-order valence-corrected chi connectivity index (χ1v) is 14.5. The van der Waals surface area contributed by atoms with Crippen molar-refractivity contribution >= 4 is 63.6 Å². The molecule has 2 heterocycles. The summed E-state index contributed by atoms with van der Waals surface area (Å²) >= 11 is 14.6. The first kappa shape index (κ1) is 24.0. The number of hydrogen-bond acceptors (Lipinski definition) is 5. The maximum atomic E-state index is 13.2. The predicted octanol–water partition coefficient (Wildman–Crippen LogP) is 5.23. The van der Waals surface area contributed by atoms with Crippen molar-refractivity contribution in [2.75, 3.05) is 5.32 Å². The molecule has 186 valence electrons. The predicted molar refractivity (Wildman–Crippen MR) is 150 cm³/mol. The van der Waals surface area contributed by atoms with Gasteiger partial charge in [0.2, 0.25) is 0 Å². The molecule has 3 N–H and O–H groups in total. The highest BCUT2D eigenvalue weighted by molar-refractivity contribution is 8.00. The average Bonchev–Trinajstić information content (AvgIpc) is 3.57. The van der Waals surface area contributed by atoms with Crippen molar-refractivity contribution in [3.63, 3.8) is 0 Å². The molecule has 36 heavy (non-hydrogen) atoms. The van der Waals surface area contributed by atoms with E-state index in [0.717, 1.165) is 15.6 Å². The van der Waals surface area contributed by atoms with Gasteiger partial charge in [-0.1, -0.05) is 53.3 Å². The Morgan fingerprint density at radius 1 is 1.06 bits per heavy atom. The van der Waals surface area contributed by atoms with Gasteiger partial charge in [0.05, 0.1) is 5.03 Å². The second kappa shape index (κ2) is 9.85. The minimum absolute atomic E-state index is 0.0581. The number of thiazole rings is 1. The molecular formula is C26H25ClN4O2S3. The minimum Gasteiger partial charge on any atom is -0.331 e. The van der Waals surface area contributed by atoms with Gasteiger partial charge in [0, 0.05) is 26.8 Å². The highest BCUT2D eigenvalue weighted by Gasteiger charge is 2.55. The topological polar surface area (TPSA) is 75.2 Å². The first-order chi connectivity index (χ1) is 17.5. The molecular weight excluding hydrogens is 532 g/mol. The van der Waals surface area contributed by atoms with E-state index in [9.17, 15) is 9.59 Å². The van der Waals surface area contributed by atoms with Gasteiger partial charge in [0.25, 0.3) is 5.91 Å². The van der Waals surface area contributed by atoms with Crippen molar-refractivity contribution in [1.82, 2.24) is 15.4 Å². The molecule has 1 aliphatic heterocycles. The van der Waals surface area contributed by atoms with Gasteiger partial charge in [0.15, 0.2) is 5.11 Å². The quantitative estimate of drug-likeness (QED) is 0.302. The van der Waals surface area contributed by atoms with Crippen molar-refractivity contribution in [2.24, 2.45) is 17.8 Å². The van der Waals surface area contributed by atoms with Gasteiger partial charge in [-0.2, -0.15) is 0 Å². The monoisotopic (exact) mass is 556 g/mol. The van der Waals surface area contributed by atoms with Crippen LogP contribution in [-0.2, 0) is 11.3 Å². The van der Waals surface area contributed by atoms with Gasteiger partial charge in [-0.05, 0) is 79.1 Å². The summed E-state index contributed by atoms with van der Waals surface area (Å²) in [6.45, 7) is -0.0581. The Labute approximate surface area is 227 Å². The van der Waals surface area contributed by atoms with Gasteiger partial charge in [-0.25, -0.2) is 0 Å². The van der Waals surface area contributed by atoms with Crippen LogP contribution in [-0.4, -0.2) is 20.8 Å². The Balaban J connectivity index is 1.23. The fraction of sp³-hybridized carbons (Fsp3) is 0.346. The number of thiocarbonyl (C=S) groups is 1. The summed E-state index contributed by atoms with van der Waals surface area (Å²) in [6.07, 6.45) is 3.79. The van der Waals surface area contributed by atoms with Crippen molar-refractivity contribution in [3.05, 3.63) is 79.7 Å². The molecule has 6 rings (SSSR count). The van der Waals surface area contributed by atoms with Crippen LogP contribution in [0, 0.1) is 17.8 Å². The molecule has 0 radical (unpaired) electrons. The molecule has 2 bridgehead atoms. The number of amides is 1. The zero-order valence-electron chi connectivity index (χ0n) is 19.3. The summed E-state index contributed by atoms with van der Waals surface area (Å²) < 4.78 is 1.64. The lowest BCUT2D eigenvalue weighted by Crippen LogP contribution is -2.45. The Morgan fingerprint density at radius 2 is 1.81 bits per heavy atom. The number of nitrogens with zero attached hydrogens (tertiary/aromatic N) is 1. The fourth-order valence-corrected chi connectivity index (χ4v) is 9.57. The van der Waals surface area contributed by atoms with E-state index in [4.69, 9.17) is 23.8 Å². The molecule has 0 saturated heterocycles. The fourth-order valence-electron chi connectivity index (χ4n) is 6.12. The van der Waals surface area contributed by atoms with Gasteiger partial charge < -0.3 is 5.32 Å². The Bertz CT molecular complexity index is 1360. The summed E-state index contributed by atoms with van der Waals surface area (Å²) in [6, 6.07) is 17.5. The zero-order chi connectivity index (χ0) is 24.8. The first-order valence-electron chi connectivity index (χ1n) is 12.0. The second-order valence-electron chi connectivity index (χ2n) is 9.64. The second-order valence-corrected chi connectivity index (χ2v) is 12.6. The van der Waals surface area contributed by atoms with Crippen LogP contribution < -0.4 is 21.0 Å². The average molecular weight is 557 g/mol. The number of halogens is 1. The lowest BCUT2D eigenvalue weighted by Gasteiger charge is -2.40. The lowest BCUT2D eigenvalue weighted by atomic mass is 9.75. The molecule has 2 aromatic carbocycles. The van der Waals surface area contributed by atoms with Gasteiger partial charge in [-0.15, -0.1) is 11.8 Å². The van der Waals surface area contributed by atoms with Crippen LogP contribution in [0.2, 0.25) is 5.02 Å². The van der Waals surface area contributed by atoms with E-state index < -0.39 is 0 Å². The van der Waals surface area contributed by atoms with Crippen LogP contribution in [0.5, 0.6) is 0 Å². The van der Waals surface area contributed by atoms with Crippen LogP contribution in [0.25, 0.3) is 0 Å². The van der Waals surface area contributed by atoms with E-state index >= 15 is 0 Å². The lowest BCUT2D eigenvalue weighted by molar-refractivity contribution is -0.122. The maximum absolute atomic E-state index is 13.2.